The Labute approximate surface area is 101 Å². The molecule has 0 aromatic heterocycles. The highest BCUT2D eigenvalue weighted by Crippen LogP contribution is 2.31. The highest BCUT2D eigenvalue weighted by Gasteiger charge is 2.12. The zero-order valence-corrected chi connectivity index (χ0v) is 9.96. The lowest BCUT2D eigenvalue weighted by Crippen LogP contribution is -2.03. The van der Waals surface area contributed by atoms with Crippen molar-refractivity contribution in [1.29, 1.82) is 0 Å². The van der Waals surface area contributed by atoms with Crippen molar-refractivity contribution in [2.75, 3.05) is 0 Å². The standard InChI is InChI=1S/C15H13Cl/c1-10-2-3-11-4-5-12-6-7-13(16)9-15(12)14(11)8-10/h2-7,9-10H,8H2,1H3. The van der Waals surface area contributed by atoms with Crippen molar-refractivity contribution >= 4 is 28.4 Å². The van der Waals surface area contributed by atoms with Gasteiger partial charge >= 0.3 is 0 Å². The van der Waals surface area contributed by atoms with E-state index in [9.17, 15) is 0 Å². The summed E-state index contributed by atoms with van der Waals surface area (Å²) in [5.74, 6) is 0.622. The molecule has 0 radical (unpaired) electrons. The van der Waals surface area contributed by atoms with Gasteiger partial charge in [0.1, 0.15) is 0 Å². The van der Waals surface area contributed by atoms with Crippen LogP contribution >= 0.6 is 11.6 Å². The lowest BCUT2D eigenvalue weighted by atomic mass is 9.87. The van der Waals surface area contributed by atoms with Crippen LogP contribution in [-0.4, -0.2) is 0 Å². The molecule has 0 N–H and O–H groups in total. The summed E-state index contributed by atoms with van der Waals surface area (Å²) in [5.41, 5.74) is 2.78. The summed E-state index contributed by atoms with van der Waals surface area (Å²) in [6.07, 6.45) is 5.62. The molecule has 0 saturated heterocycles. The van der Waals surface area contributed by atoms with E-state index < -0.39 is 0 Å². The van der Waals surface area contributed by atoms with E-state index in [1.807, 2.05) is 6.07 Å². The zero-order chi connectivity index (χ0) is 11.1. The van der Waals surface area contributed by atoms with Crippen molar-refractivity contribution in [2.24, 2.45) is 5.92 Å². The largest absolute Gasteiger partial charge is 0.0843 e. The lowest BCUT2D eigenvalue weighted by Gasteiger charge is -2.18. The third-order valence-electron chi connectivity index (χ3n) is 3.26. The van der Waals surface area contributed by atoms with Crippen LogP contribution in [0.1, 0.15) is 18.1 Å². The van der Waals surface area contributed by atoms with Gasteiger partial charge < -0.3 is 0 Å². The minimum Gasteiger partial charge on any atom is -0.0843 e. The van der Waals surface area contributed by atoms with Gasteiger partial charge in [-0.05, 0) is 46.4 Å². The van der Waals surface area contributed by atoms with Crippen molar-refractivity contribution in [1.82, 2.24) is 0 Å². The minimum absolute atomic E-state index is 0.622. The summed E-state index contributed by atoms with van der Waals surface area (Å²) in [5, 5.41) is 3.41. The first-order valence-corrected chi connectivity index (χ1v) is 6.01. The number of hydrogen-bond donors (Lipinski definition) is 0. The number of halogens is 1. The van der Waals surface area contributed by atoms with Gasteiger partial charge in [-0.25, -0.2) is 0 Å². The summed E-state index contributed by atoms with van der Waals surface area (Å²) >= 11 is 6.08. The van der Waals surface area contributed by atoms with E-state index in [1.54, 1.807) is 0 Å². The molecule has 0 spiro atoms. The van der Waals surface area contributed by atoms with E-state index in [-0.39, 0.29) is 0 Å². The lowest BCUT2D eigenvalue weighted by molar-refractivity contribution is 0.721. The van der Waals surface area contributed by atoms with Crippen LogP contribution in [0.2, 0.25) is 5.02 Å². The molecule has 0 saturated carbocycles. The molecule has 0 aliphatic heterocycles. The number of benzene rings is 2. The Morgan fingerprint density at radius 3 is 2.88 bits per heavy atom. The van der Waals surface area contributed by atoms with Crippen LogP contribution in [0, 0.1) is 5.92 Å². The van der Waals surface area contributed by atoms with Gasteiger partial charge in [-0.15, -0.1) is 0 Å². The van der Waals surface area contributed by atoms with Gasteiger partial charge in [0.2, 0.25) is 0 Å². The number of fused-ring (bicyclic) bond motifs is 3. The summed E-state index contributed by atoms with van der Waals surface area (Å²) in [7, 11) is 0. The van der Waals surface area contributed by atoms with E-state index >= 15 is 0 Å². The summed E-state index contributed by atoms with van der Waals surface area (Å²) in [6.45, 7) is 2.25. The molecule has 1 aliphatic rings. The second-order valence-electron chi connectivity index (χ2n) is 4.54. The van der Waals surface area contributed by atoms with Crippen LogP contribution in [-0.2, 0) is 6.42 Å². The first-order valence-electron chi connectivity index (χ1n) is 5.63. The predicted molar refractivity (Wildman–Crippen MR) is 70.9 cm³/mol. The molecule has 0 amide bonds. The number of rotatable bonds is 0. The van der Waals surface area contributed by atoms with E-state index in [0.717, 1.165) is 11.4 Å². The fraction of sp³-hybridized carbons (Fsp3) is 0.200. The maximum absolute atomic E-state index is 6.08. The first kappa shape index (κ1) is 9.92. The quantitative estimate of drug-likeness (QED) is 0.613. The van der Waals surface area contributed by atoms with Gasteiger partial charge in [0.25, 0.3) is 0 Å². The van der Waals surface area contributed by atoms with Gasteiger partial charge in [0, 0.05) is 5.02 Å². The molecule has 0 bridgehead atoms. The number of allylic oxidation sites excluding steroid dienone is 1. The molecular formula is C15H13Cl. The molecule has 1 unspecified atom stereocenters. The van der Waals surface area contributed by atoms with Crippen LogP contribution in [0.25, 0.3) is 16.8 Å². The smallest absolute Gasteiger partial charge is 0.0412 e. The van der Waals surface area contributed by atoms with Crippen LogP contribution in [0.4, 0.5) is 0 Å². The molecule has 0 nitrogen and oxygen atoms in total. The molecular weight excluding hydrogens is 216 g/mol. The molecule has 1 atom stereocenters. The third kappa shape index (κ3) is 1.54. The second-order valence-corrected chi connectivity index (χ2v) is 4.98. The van der Waals surface area contributed by atoms with Crippen LogP contribution in [0.5, 0.6) is 0 Å². The molecule has 16 heavy (non-hydrogen) atoms. The molecule has 1 aliphatic carbocycles. The molecule has 0 heterocycles. The van der Waals surface area contributed by atoms with E-state index in [0.29, 0.717) is 5.92 Å². The number of hydrogen-bond acceptors (Lipinski definition) is 0. The van der Waals surface area contributed by atoms with Crippen LogP contribution in [0.15, 0.2) is 36.4 Å². The fourth-order valence-corrected chi connectivity index (χ4v) is 2.58. The highest BCUT2D eigenvalue weighted by atomic mass is 35.5. The average Bonchev–Trinajstić information content (AvgIpc) is 2.29. The van der Waals surface area contributed by atoms with Crippen molar-refractivity contribution in [2.45, 2.75) is 13.3 Å². The van der Waals surface area contributed by atoms with E-state index in [4.69, 9.17) is 11.6 Å². The van der Waals surface area contributed by atoms with Gasteiger partial charge in [0.15, 0.2) is 0 Å². The van der Waals surface area contributed by atoms with Gasteiger partial charge in [-0.2, -0.15) is 0 Å². The van der Waals surface area contributed by atoms with Crippen molar-refractivity contribution in [3.63, 3.8) is 0 Å². The Morgan fingerprint density at radius 1 is 1.19 bits per heavy atom. The van der Waals surface area contributed by atoms with Gasteiger partial charge in [-0.3, -0.25) is 0 Å². The highest BCUT2D eigenvalue weighted by molar-refractivity contribution is 6.31. The molecule has 2 aromatic rings. The molecule has 1 heteroatoms. The molecule has 80 valence electrons. The van der Waals surface area contributed by atoms with E-state index in [2.05, 4.69) is 43.3 Å². The Morgan fingerprint density at radius 2 is 2.00 bits per heavy atom. The van der Waals surface area contributed by atoms with Crippen molar-refractivity contribution < 1.29 is 0 Å². The fourth-order valence-electron chi connectivity index (χ4n) is 2.41. The average molecular weight is 229 g/mol. The normalized spacial score (nSPS) is 18.8. The van der Waals surface area contributed by atoms with Gasteiger partial charge in [0.05, 0.1) is 0 Å². The third-order valence-corrected chi connectivity index (χ3v) is 3.50. The maximum Gasteiger partial charge on any atom is 0.0412 e. The summed E-state index contributed by atoms with van der Waals surface area (Å²) < 4.78 is 0. The van der Waals surface area contributed by atoms with E-state index in [1.165, 1.54) is 21.9 Å². The van der Waals surface area contributed by atoms with Gasteiger partial charge in [-0.1, -0.05) is 48.9 Å². The minimum atomic E-state index is 0.622. The van der Waals surface area contributed by atoms with Crippen molar-refractivity contribution in [3.8, 4) is 0 Å². The van der Waals surface area contributed by atoms with Crippen LogP contribution in [0.3, 0.4) is 0 Å². The van der Waals surface area contributed by atoms with Crippen LogP contribution < -0.4 is 0 Å². The summed E-state index contributed by atoms with van der Waals surface area (Å²) in [4.78, 5) is 0. The Hall–Kier alpha value is -1.27. The molecule has 3 rings (SSSR count). The zero-order valence-electron chi connectivity index (χ0n) is 9.20. The SMILES string of the molecule is CC1C=Cc2ccc3ccc(Cl)cc3c2C1. The topological polar surface area (TPSA) is 0 Å². The molecule has 0 fully saturated rings. The Kier molecular flexibility index (Phi) is 2.26. The second kappa shape index (κ2) is 3.64. The predicted octanol–water partition coefficient (Wildman–Crippen LogP) is 4.70. The Balaban J connectivity index is 2.34. The maximum atomic E-state index is 6.08. The monoisotopic (exact) mass is 228 g/mol. The molecule has 2 aromatic carbocycles. The summed E-state index contributed by atoms with van der Waals surface area (Å²) in [6, 6.07) is 10.5. The first-order chi connectivity index (χ1) is 7.74. The Bertz CT molecular complexity index is 581. The van der Waals surface area contributed by atoms with Crippen molar-refractivity contribution in [3.05, 3.63) is 52.6 Å².